The van der Waals surface area contributed by atoms with Gasteiger partial charge in [-0.1, -0.05) is 13.3 Å². The molecule has 0 saturated carbocycles. The van der Waals surface area contributed by atoms with Gasteiger partial charge in [-0.15, -0.1) is 23.7 Å². The summed E-state index contributed by atoms with van der Waals surface area (Å²) in [5.41, 5.74) is -0.479. The topological polar surface area (TPSA) is 95.8 Å². The molecule has 1 aliphatic heterocycles. The summed E-state index contributed by atoms with van der Waals surface area (Å²) in [6, 6.07) is -0.568. The van der Waals surface area contributed by atoms with Gasteiger partial charge < -0.3 is 10.6 Å². The van der Waals surface area contributed by atoms with Crippen molar-refractivity contribution in [1.29, 1.82) is 0 Å². The van der Waals surface area contributed by atoms with Crippen molar-refractivity contribution in [3.05, 3.63) is 11.6 Å². The first kappa shape index (κ1) is 18.1. The molecule has 0 bridgehead atoms. The lowest BCUT2D eigenvalue weighted by Crippen LogP contribution is -2.43. The lowest BCUT2D eigenvalue weighted by molar-refractivity contribution is -0.126. The second-order valence-electron chi connectivity index (χ2n) is 5.62. The zero-order valence-electron chi connectivity index (χ0n) is 13.6. The normalized spacial score (nSPS) is 15.3. The quantitative estimate of drug-likeness (QED) is 0.637. The molecule has 8 heteroatoms. The van der Waals surface area contributed by atoms with E-state index in [0.717, 1.165) is 6.42 Å². The van der Waals surface area contributed by atoms with Gasteiger partial charge in [-0.3, -0.25) is 9.59 Å². The van der Waals surface area contributed by atoms with E-state index in [2.05, 4.69) is 31.8 Å². The van der Waals surface area contributed by atoms with Gasteiger partial charge in [0.2, 0.25) is 11.8 Å². The fourth-order valence-corrected chi connectivity index (χ4v) is 2.82. The Morgan fingerprint density at radius 3 is 2.79 bits per heavy atom. The first-order chi connectivity index (χ1) is 11.6. The molecule has 0 aromatic carbocycles. The van der Waals surface area contributed by atoms with Crippen molar-refractivity contribution in [2.75, 3.05) is 5.32 Å². The van der Waals surface area contributed by atoms with Crippen LogP contribution in [0.25, 0.3) is 0 Å². The second-order valence-corrected chi connectivity index (χ2v) is 6.52. The standard InChI is InChI=1S/C16H21N5O2S/c1-3-5-8-16(20-21-16)9-7-13(22)18-12(6-4-2)14(23)19-15-17-10-11-24-15/h1,10-12H,4-9H2,2H3,(H,18,22)(H,17,19,23). The molecule has 1 unspecified atom stereocenters. The van der Waals surface area contributed by atoms with Crippen LogP contribution in [-0.4, -0.2) is 28.5 Å². The number of nitrogens with one attached hydrogen (secondary N) is 2. The van der Waals surface area contributed by atoms with Crippen LogP contribution in [0.5, 0.6) is 0 Å². The van der Waals surface area contributed by atoms with Crippen molar-refractivity contribution in [1.82, 2.24) is 10.3 Å². The largest absolute Gasteiger partial charge is 0.344 e. The number of amides is 2. The zero-order valence-corrected chi connectivity index (χ0v) is 14.4. The van der Waals surface area contributed by atoms with Crippen LogP contribution < -0.4 is 10.6 Å². The van der Waals surface area contributed by atoms with Gasteiger partial charge in [-0.05, 0) is 6.42 Å². The predicted molar refractivity (Wildman–Crippen MR) is 92.5 cm³/mol. The number of carbonyl (C=O) groups is 2. The molecule has 1 aliphatic rings. The third kappa shape index (κ3) is 5.42. The summed E-state index contributed by atoms with van der Waals surface area (Å²) in [4.78, 5) is 28.4. The van der Waals surface area contributed by atoms with Crippen LogP contribution in [0.15, 0.2) is 21.8 Å². The Morgan fingerprint density at radius 1 is 1.42 bits per heavy atom. The van der Waals surface area contributed by atoms with Crippen molar-refractivity contribution in [2.45, 2.75) is 57.2 Å². The van der Waals surface area contributed by atoms with E-state index in [4.69, 9.17) is 6.42 Å². The number of hydrogen-bond acceptors (Lipinski definition) is 6. The highest BCUT2D eigenvalue weighted by molar-refractivity contribution is 7.13. The van der Waals surface area contributed by atoms with E-state index >= 15 is 0 Å². The van der Waals surface area contributed by atoms with Gasteiger partial charge in [-0.25, -0.2) is 4.98 Å². The van der Waals surface area contributed by atoms with Gasteiger partial charge in [0.05, 0.1) is 0 Å². The summed E-state index contributed by atoms with van der Waals surface area (Å²) in [5, 5.41) is 15.8. The molecule has 0 fully saturated rings. The third-order valence-electron chi connectivity index (χ3n) is 3.70. The maximum Gasteiger partial charge on any atom is 0.248 e. The molecule has 1 aromatic heterocycles. The fraction of sp³-hybridized carbons (Fsp3) is 0.562. The van der Waals surface area contributed by atoms with Crippen LogP contribution in [0.2, 0.25) is 0 Å². The summed E-state index contributed by atoms with van der Waals surface area (Å²) in [6.07, 6.45) is 10.3. The summed E-state index contributed by atoms with van der Waals surface area (Å²) in [7, 11) is 0. The van der Waals surface area contributed by atoms with Crippen molar-refractivity contribution in [3.8, 4) is 12.3 Å². The molecular weight excluding hydrogens is 326 g/mol. The number of aromatic nitrogens is 1. The number of thiazole rings is 1. The van der Waals surface area contributed by atoms with E-state index in [9.17, 15) is 9.59 Å². The molecule has 1 atom stereocenters. The number of carbonyl (C=O) groups excluding carboxylic acids is 2. The van der Waals surface area contributed by atoms with Gasteiger partial charge in [0.1, 0.15) is 6.04 Å². The third-order valence-corrected chi connectivity index (χ3v) is 4.39. The van der Waals surface area contributed by atoms with Gasteiger partial charge in [0.25, 0.3) is 0 Å². The highest BCUT2D eigenvalue weighted by Gasteiger charge is 2.39. The van der Waals surface area contributed by atoms with Crippen LogP contribution in [0, 0.1) is 12.3 Å². The minimum atomic E-state index is -0.568. The molecule has 2 N–H and O–H groups in total. The van der Waals surface area contributed by atoms with Gasteiger partial charge in [-0.2, -0.15) is 10.2 Å². The molecule has 1 aromatic rings. The van der Waals surface area contributed by atoms with E-state index < -0.39 is 11.7 Å². The molecule has 2 rings (SSSR count). The molecule has 2 amide bonds. The van der Waals surface area contributed by atoms with Crippen LogP contribution in [0.3, 0.4) is 0 Å². The van der Waals surface area contributed by atoms with E-state index in [1.54, 1.807) is 11.6 Å². The molecule has 7 nitrogen and oxygen atoms in total. The summed E-state index contributed by atoms with van der Waals surface area (Å²) < 4.78 is 0. The Hall–Kier alpha value is -2.27. The van der Waals surface area contributed by atoms with Crippen LogP contribution in [-0.2, 0) is 9.59 Å². The van der Waals surface area contributed by atoms with Gasteiger partial charge in [0.15, 0.2) is 10.8 Å². The van der Waals surface area contributed by atoms with Crippen molar-refractivity contribution in [2.24, 2.45) is 10.2 Å². The van der Waals surface area contributed by atoms with E-state index in [1.807, 2.05) is 6.92 Å². The highest BCUT2D eigenvalue weighted by atomic mass is 32.1. The minimum absolute atomic E-state index is 0.180. The zero-order chi connectivity index (χ0) is 17.4. The van der Waals surface area contributed by atoms with E-state index in [0.29, 0.717) is 30.8 Å². The number of nitrogens with zero attached hydrogens (tertiary/aromatic N) is 3. The summed E-state index contributed by atoms with van der Waals surface area (Å²) >= 11 is 1.34. The highest BCUT2D eigenvalue weighted by Crippen LogP contribution is 2.37. The molecule has 0 radical (unpaired) electrons. The lowest BCUT2D eigenvalue weighted by Gasteiger charge is -2.17. The van der Waals surface area contributed by atoms with E-state index in [1.165, 1.54) is 11.3 Å². The van der Waals surface area contributed by atoms with Crippen LogP contribution >= 0.6 is 11.3 Å². The average molecular weight is 347 g/mol. The molecule has 2 heterocycles. The Balaban J connectivity index is 1.80. The average Bonchev–Trinajstić information content (AvgIpc) is 3.16. The summed E-state index contributed by atoms with van der Waals surface area (Å²) in [6.45, 7) is 1.96. The molecule has 0 saturated heterocycles. The maximum absolute atomic E-state index is 12.3. The minimum Gasteiger partial charge on any atom is -0.344 e. The molecule has 128 valence electrons. The van der Waals surface area contributed by atoms with Crippen LogP contribution in [0.4, 0.5) is 5.13 Å². The number of hydrogen-bond donors (Lipinski definition) is 2. The summed E-state index contributed by atoms with van der Waals surface area (Å²) in [5.74, 6) is 2.13. The Labute approximate surface area is 145 Å². The first-order valence-electron chi connectivity index (χ1n) is 7.96. The fourth-order valence-electron chi connectivity index (χ4n) is 2.28. The lowest BCUT2D eigenvalue weighted by atomic mass is 10.0. The number of terminal acetylenes is 1. The van der Waals surface area contributed by atoms with Gasteiger partial charge in [0, 0.05) is 37.3 Å². The van der Waals surface area contributed by atoms with Gasteiger partial charge >= 0.3 is 0 Å². The molecule has 0 spiro atoms. The molecular formula is C16H21N5O2S. The van der Waals surface area contributed by atoms with Crippen molar-refractivity contribution in [3.63, 3.8) is 0 Å². The monoisotopic (exact) mass is 347 g/mol. The first-order valence-corrected chi connectivity index (χ1v) is 8.84. The maximum atomic E-state index is 12.3. The second kappa shape index (κ2) is 8.55. The molecule has 0 aliphatic carbocycles. The number of rotatable bonds is 10. The Bertz CT molecular complexity index is 629. The van der Waals surface area contributed by atoms with Crippen LogP contribution in [0.1, 0.15) is 45.4 Å². The van der Waals surface area contributed by atoms with Crippen molar-refractivity contribution < 1.29 is 9.59 Å². The SMILES string of the molecule is C#CCCC1(CCC(=O)NC(CCC)C(=O)Nc2nccs2)N=N1. The Morgan fingerprint density at radius 2 is 2.21 bits per heavy atom. The number of anilines is 1. The van der Waals surface area contributed by atoms with E-state index in [-0.39, 0.29) is 18.2 Å². The smallest absolute Gasteiger partial charge is 0.248 e. The molecule has 24 heavy (non-hydrogen) atoms. The predicted octanol–water partition coefficient (Wildman–Crippen LogP) is 2.72. The van der Waals surface area contributed by atoms with Crippen molar-refractivity contribution >= 4 is 28.3 Å². The Kier molecular flexibility index (Phi) is 6.44.